The summed E-state index contributed by atoms with van der Waals surface area (Å²) >= 11 is 1.75. The maximum absolute atomic E-state index is 5.88. The van der Waals surface area contributed by atoms with Crippen LogP contribution in [0.4, 0.5) is 5.13 Å². The molecule has 1 saturated carbocycles. The average molecular weight is 297 g/mol. The Morgan fingerprint density at radius 3 is 2.55 bits per heavy atom. The normalized spacial score (nSPS) is 16.7. The fourth-order valence-electron chi connectivity index (χ4n) is 2.57. The Morgan fingerprint density at radius 1 is 1.40 bits per heavy atom. The molecule has 0 spiro atoms. The Kier molecular flexibility index (Phi) is 5.41. The highest BCUT2D eigenvalue weighted by atomic mass is 32.1. The monoisotopic (exact) mass is 297 g/mol. The Labute approximate surface area is 126 Å². The maximum atomic E-state index is 5.88. The molecule has 1 atom stereocenters. The molecule has 2 rings (SSSR count). The van der Waals surface area contributed by atoms with Crippen LogP contribution in [0.2, 0.25) is 0 Å². The first-order valence-corrected chi connectivity index (χ1v) is 8.35. The van der Waals surface area contributed by atoms with Crippen LogP contribution in [0, 0.1) is 5.92 Å². The summed E-state index contributed by atoms with van der Waals surface area (Å²) in [7, 11) is 1.76. The lowest BCUT2D eigenvalue weighted by molar-refractivity contribution is 0.202. The third-order valence-corrected chi connectivity index (χ3v) is 5.16. The first kappa shape index (κ1) is 15.7. The fraction of sp³-hybridized carbons (Fsp3) is 0.800. The molecule has 0 aromatic carbocycles. The number of rotatable bonds is 8. The van der Waals surface area contributed by atoms with Gasteiger partial charge in [-0.3, -0.25) is 0 Å². The van der Waals surface area contributed by atoms with Gasteiger partial charge in [0.25, 0.3) is 0 Å². The van der Waals surface area contributed by atoms with Crippen molar-refractivity contribution in [1.29, 1.82) is 0 Å². The number of thiazole rings is 1. The van der Waals surface area contributed by atoms with Crippen molar-refractivity contribution in [2.45, 2.75) is 52.1 Å². The quantitative estimate of drug-likeness (QED) is 0.801. The first-order valence-electron chi connectivity index (χ1n) is 7.53. The first-order chi connectivity index (χ1) is 9.58. The van der Waals surface area contributed by atoms with Gasteiger partial charge in [0.05, 0.1) is 12.3 Å². The molecule has 1 unspecified atom stereocenters. The number of aromatic nitrogens is 1. The third kappa shape index (κ3) is 3.51. The molecule has 1 aromatic rings. The van der Waals surface area contributed by atoms with E-state index in [4.69, 9.17) is 15.5 Å². The van der Waals surface area contributed by atoms with Crippen LogP contribution in [0.5, 0.6) is 0 Å². The Hall–Kier alpha value is -0.650. The van der Waals surface area contributed by atoms with Crippen molar-refractivity contribution in [1.82, 2.24) is 4.98 Å². The van der Waals surface area contributed by atoms with E-state index >= 15 is 0 Å². The van der Waals surface area contributed by atoms with Crippen molar-refractivity contribution < 1.29 is 4.74 Å². The van der Waals surface area contributed by atoms with Gasteiger partial charge in [-0.05, 0) is 31.6 Å². The van der Waals surface area contributed by atoms with Gasteiger partial charge in [0, 0.05) is 31.1 Å². The van der Waals surface area contributed by atoms with Crippen molar-refractivity contribution in [2.24, 2.45) is 11.7 Å². The summed E-state index contributed by atoms with van der Waals surface area (Å²) in [6.07, 6.45) is 2.69. The van der Waals surface area contributed by atoms with E-state index in [0.29, 0.717) is 18.5 Å². The lowest BCUT2D eigenvalue weighted by Gasteiger charge is -2.28. The molecule has 1 aliphatic carbocycles. The zero-order valence-electron chi connectivity index (χ0n) is 13.1. The highest BCUT2D eigenvalue weighted by Gasteiger charge is 2.33. The minimum Gasteiger partial charge on any atom is -0.383 e. The molecule has 2 N–H and O–H groups in total. The molecule has 0 saturated heterocycles. The molecule has 0 bridgehead atoms. The third-order valence-electron chi connectivity index (χ3n) is 4.03. The van der Waals surface area contributed by atoms with Crippen LogP contribution in [0.1, 0.15) is 50.1 Å². The highest BCUT2D eigenvalue weighted by molar-refractivity contribution is 7.15. The smallest absolute Gasteiger partial charge is 0.186 e. The largest absolute Gasteiger partial charge is 0.383 e. The summed E-state index contributed by atoms with van der Waals surface area (Å²) in [6, 6.07) is 0.543. The summed E-state index contributed by atoms with van der Waals surface area (Å²) in [6.45, 7) is 8.91. The van der Waals surface area contributed by atoms with E-state index in [1.165, 1.54) is 17.7 Å². The van der Waals surface area contributed by atoms with E-state index < -0.39 is 0 Å². The molecule has 20 heavy (non-hydrogen) atoms. The predicted octanol–water partition coefficient (Wildman–Crippen LogP) is 2.98. The molecule has 0 aliphatic heterocycles. The second kappa shape index (κ2) is 6.87. The number of methoxy groups -OCH3 is 1. The molecular formula is C15H27N3OS. The van der Waals surface area contributed by atoms with Crippen LogP contribution in [-0.2, 0) is 11.3 Å². The second-order valence-electron chi connectivity index (χ2n) is 5.93. The van der Waals surface area contributed by atoms with Crippen molar-refractivity contribution in [2.75, 3.05) is 25.2 Å². The predicted molar refractivity (Wildman–Crippen MR) is 85.5 cm³/mol. The van der Waals surface area contributed by atoms with E-state index in [2.05, 4.69) is 25.7 Å². The Balaban J connectivity index is 2.22. The minimum absolute atomic E-state index is 0.430. The number of anilines is 1. The molecule has 1 aliphatic rings. The van der Waals surface area contributed by atoms with Gasteiger partial charge in [-0.25, -0.2) is 4.98 Å². The molecule has 1 aromatic heterocycles. The lowest BCUT2D eigenvalue weighted by Crippen LogP contribution is -2.37. The fourth-order valence-corrected chi connectivity index (χ4v) is 3.78. The van der Waals surface area contributed by atoms with E-state index in [1.54, 1.807) is 18.4 Å². The van der Waals surface area contributed by atoms with Gasteiger partial charge in [0.2, 0.25) is 0 Å². The second-order valence-corrected chi connectivity index (χ2v) is 6.99. The molecule has 114 valence electrons. The van der Waals surface area contributed by atoms with E-state index in [0.717, 1.165) is 29.9 Å². The van der Waals surface area contributed by atoms with Crippen molar-refractivity contribution in [3.63, 3.8) is 0 Å². The number of nitrogens with two attached hydrogens (primary N) is 1. The molecule has 1 heterocycles. The Bertz CT molecular complexity index is 429. The Morgan fingerprint density at radius 2 is 2.10 bits per heavy atom. The van der Waals surface area contributed by atoms with Crippen LogP contribution < -0.4 is 10.6 Å². The number of ether oxygens (including phenoxy) is 1. The molecular weight excluding hydrogens is 270 g/mol. The van der Waals surface area contributed by atoms with Crippen molar-refractivity contribution in [3.8, 4) is 0 Å². The van der Waals surface area contributed by atoms with Crippen molar-refractivity contribution >= 4 is 16.5 Å². The molecule has 1 fully saturated rings. The number of hydrogen-bond acceptors (Lipinski definition) is 5. The van der Waals surface area contributed by atoms with Crippen LogP contribution in [-0.4, -0.2) is 31.3 Å². The molecule has 0 amide bonds. The summed E-state index contributed by atoms with van der Waals surface area (Å²) in [5.74, 6) is 1.25. The molecule has 4 nitrogen and oxygen atoms in total. The SMILES string of the molecule is COCCN(c1nc(C(C)C)c(CN)s1)C(C)C1CC1. The summed E-state index contributed by atoms with van der Waals surface area (Å²) < 4.78 is 5.27. The van der Waals surface area contributed by atoms with Gasteiger partial charge < -0.3 is 15.4 Å². The number of hydrogen-bond donors (Lipinski definition) is 1. The van der Waals surface area contributed by atoms with Gasteiger partial charge in [0.15, 0.2) is 5.13 Å². The van der Waals surface area contributed by atoms with Crippen LogP contribution >= 0.6 is 11.3 Å². The van der Waals surface area contributed by atoms with Gasteiger partial charge in [-0.15, -0.1) is 11.3 Å². The van der Waals surface area contributed by atoms with Gasteiger partial charge >= 0.3 is 0 Å². The summed E-state index contributed by atoms with van der Waals surface area (Å²) in [5, 5.41) is 1.12. The van der Waals surface area contributed by atoms with Crippen LogP contribution in [0.15, 0.2) is 0 Å². The molecule has 0 radical (unpaired) electrons. The maximum Gasteiger partial charge on any atom is 0.186 e. The van der Waals surface area contributed by atoms with Gasteiger partial charge in [-0.1, -0.05) is 13.8 Å². The summed E-state index contributed by atoms with van der Waals surface area (Å²) in [5.41, 5.74) is 7.04. The van der Waals surface area contributed by atoms with E-state index in [-0.39, 0.29) is 0 Å². The zero-order valence-corrected chi connectivity index (χ0v) is 13.9. The van der Waals surface area contributed by atoms with Gasteiger partial charge in [0.1, 0.15) is 0 Å². The van der Waals surface area contributed by atoms with Crippen LogP contribution in [0.25, 0.3) is 0 Å². The topological polar surface area (TPSA) is 51.4 Å². The standard InChI is InChI=1S/C15H27N3OS/c1-10(2)14-13(9-16)20-15(17-14)18(7-8-19-4)11(3)12-5-6-12/h10-12H,5-9,16H2,1-4H3. The van der Waals surface area contributed by atoms with E-state index in [9.17, 15) is 0 Å². The average Bonchev–Trinajstić information content (AvgIpc) is 3.18. The van der Waals surface area contributed by atoms with Crippen LogP contribution in [0.3, 0.4) is 0 Å². The van der Waals surface area contributed by atoms with Gasteiger partial charge in [-0.2, -0.15) is 0 Å². The molecule has 5 heteroatoms. The summed E-state index contributed by atoms with van der Waals surface area (Å²) in [4.78, 5) is 8.51. The lowest BCUT2D eigenvalue weighted by atomic mass is 10.1. The van der Waals surface area contributed by atoms with Crippen molar-refractivity contribution in [3.05, 3.63) is 10.6 Å². The highest BCUT2D eigenvalue weighted by Crippen LogP contribution is 2.39. The minimum atomic E-state index is 0.430. The zero-order chi connectivity index (χ0) is 14.7. The van der Waals surface area contributed by atoms with E-state index in [1.807, 2.05) is 0 Å². The number of nitrogens with zero attached hydrogens (tertiary/aromatic N) is 2.